The maximum absolute atomic E-state index is 12.4. The van der Waals surface area contributed by atoms with Gasteiger partial charge in [-0.15, -0.1) is 0 Å². The van der Waals surface area contributed by atoms with Crippen LogP contribution in [0, 0.1) is 0 Å². The van der Waals surface area contributed by atoms with Crippen molar-refractivity contribution in [2.45, 2.75) is 95.0 Å². The molecule has 6 N–H and O–H groups in total. The molecule has 0 bridgehead atoms. The molecule has 11 heteroatoms. The summed E-state index contributed by atoms with van der Waals surface area (Å²) < 4.78 is 10.7. The highest BCUT2D eigenvalue weighted by Gasteiger charge is 2.47. The van der Waals surface area contributed by atoms with Crippen LogP contribution in [0.2, 0.25) is 0 Å². The molecule has 174 valence electrons. The molecule has 1 saturated heterocycles. The molecule has 0 aromatic heterocycles. The first-order valence-electron chi connectivity index (χ1n) is 10.2. The predicted molar refractivity (Wildman–Crippen MR) is 102 cm³/mol. The summed E-state index contributed by atoms with van der Waals surface area (Å²) in [5, 5.41) is 50.0. The van der Waals surface area contributed by atoms with Gasteiger partial charge in [0.1, 0.15) is 24.4 Å². The van der Waals surface area contributed by atoms with Crippen LogP contribution in [0.4, 0.5) is 0 Å². The number of unbranched alkanes of at least 4 members (excludes halogenated alkanes) is 5. The smallest absolute Gasteiger partial charge is 0.326 e. The topological polar surface area (TPSA) is 183 Å². The molecule has 11 nitrogen and oxygen atoms in total. The predicted octanol–water partition coefficient (Wildman–Crippen LogP) is -0.395. The SMILES string of the molecule is CCCCCCCCO[C@@H]1O[C@H](C(=O)NC(CCC(=O)O)C(=O)O)[C@@H](O)[C@H](O)[C@H]1O. The minimum absolute atomic E-state index is 0.210. The van der Waals surface area contributed by atoms with E-state index in [0.29, 0.717) is 6.42 Å². The Labute approximate surface area is 175 Å². The summed E-state index contributed by atoms with van der Waals surface area (Å²) >= 11 is 0. The fourth-order valence-corrected chi connectivity index (χ4v) is 3.06. The molecule has 0 spiro atoms. The van der Waals surface area contributed by atoms with Crippen molar-refractivity contribution in [2.24, 2.45) is 0 Å². The number of carboxylic acids is 2. The van der Waals surface area contributed by atoms with Crippen LogP contribution in [-0.4, -0.2) is 86.7 Å². The third kappa shape index (κ3) is 8.52. The zero-order valence-electron chi connectivity index (χ0n) is 17.1. The van der Waals surface area contributed by atoms with Gasteiger partial charge < -0.3 is 40.3 Å². The van der Waals surface area contributed by atoms with E-state index in [1.54, 1.807) is 0 Å². The van der Waals surface area contributed by atoms with Gasteiger partial charge in [-0.3, -0.25) is 9.59 Å². The second-order valence-electron chi connectivity index (χ2n) is 7.37. The molecule has 0 radical (unpaired) electrons. The molecule has 0 saturated carbocycles. The Morgan fingerprint density at radius 3 is 2.20 bits per heavy atom. The highest BCUT2D eigenvalue weighted by molar-refractivity contribution is 5.87. The van der Waals surface area contributed by atoms with Crippen molar-refractivity contribution in [3.63, 3.8) is 0 Å². The van der Waals surface area contributed by atoms with E-state index in [1.807, 2.05) is 0 Å². The lowest BCUT2D eigenvalue weighted by Crippen LogP contribution is -2.63. The van der Waals surface area contributed by atoms with E-state index >= 15 is 0 Å². The Hall–Kier alpha value is -1.79. The minimum atomic E-state index is -1.82. The number of ether oxygens (including phenoxy) is 2. The molecule has 1 aliphatic heterocycles. The van der Waals surface area contributed by atoms with E-state index in [-0.39, 0.29) is 13.0 Å². The van der Waals surface area contributed by atoms with Crippen LogP contribution in [0.25, 0.3) is 0 Å². The number of carbonyl (C=O) groups excluding carboxylic acids is 1. The molecule has 0 aromatic carbocycles. The van der Waals surface area contributed by atoms with Gasteiger partial charge in [0.2, 0.25) is 0 Å². The van der Waals surface area contributed by atoms with Gasteiger partial charge in [-0.25, -0.2) is 4.79 Å². The molecular formula is C19H33NO10. The molecule has 30 heavy (non-hydrogen) atoms. The molecule has 0 aromatic rings. The average Bonchev–Trinajstić information content (AvgIpc) is 2.69. The van der Waals surface area contributed by atoms with Crippen LogP contribution < -0.4 is 5.32 Å². The number of aliphatic hydroxyl groups excluding tert-OH is 3. The normalized spacial score (nSPS) is 27.4. The first kappa shape index (κ1) is 26.2. The minimum Gasteiger partial charge on any atom is -0.481 e. The van der Waals surface area contributed by atoms with Crippen LogP contribution in [0.15, 0.2) is 0 Å². The second kappa shape index (κ2) is 13.5. The van der Waals surface area contributed by atoms with Gasteiger partial charge in [0, 0.05) is 13.0 Å². The standard InChI is InChI=1S/C19H33NO10/c1-2-3-4-5-6-7-10-29-19-15(25)13(23)14(24)16(30-19)17(26)20-11(18(27)28)8-9-12(21)22/h11,13-16,19,23-25H,2-10H2,1H3,(H,20,26)(H,21,22)(H,27,28)/t11?,13-,14-,15+,16-,19+/m0/s1. The molecular weight excluding hydrogens is 402 g/mol. The zero-order valence-corrected chi connectivity index (χ0v) is 17.1. The van der Waals surface area contributed by atoms with E-state index in [9.17, 15) is 29.7 Å². The van der Waals surface area contributed by atoms with E-state index in [0.717, 1.165) is 32.1 Å². The van der Waals surface area contributed by atoms with Crippen molar-refractivity contribution in [3.05, 3.63) is 0 Å². The Morgan fingerprint density at radius 2 is 1.60 bits per heavy atom. The maximum Gasteiger partial charge on any atom is 0.326 e. The average molecular weight is 435 g/mol. The summed E-state index contributed by atoms with van der Waals surface area (Å²) in [6.45, 7) is 2.32. The first-order valence-corrected chi connectivity index (χ1v) is 10.2. The molecule has 1 unspecified atom stereocenters. The van der Waals surface area contributed by atoms with E-state index in [2.05, 4.69) is 12.2 Å². The number of amides is 1. The number of hydrogen-bond acceptors (Lipinski definition) is 8. The van der Waals surface area contributed by atoms with Crippen molar-refractivity contribution in [1.82, 2.24) is 5.32 Å². The lowest BCUT2D eigenvalue weighted by atomic mass is 9.98. The fourth-order valence-electron chi connectivity index (χ4n) is 3.06. The molecule has 1 rings (SSSR count). The fraction of sp³-hybridized carbons (Fsp3) is 0.842. The molecule has 6 atom stereocenters. The van der Waals surface area contributed by atoms with Crippen molar-refractivity contribution in [3.8, 4) is 0 Å². The first-order chi connectivity index (χ1) is 14.2. The largest absolute Gasteiger partial charge is 0.481 e. The summed E-state index contributed by atoms with van der Waals surface area (Å²) in [7, 11) is 0. The summed E-state index contributed by atoms with van der Waals surface area (Å²) in [5.74, 6) is -3.74. The summed E-state index contributed by atoms with van der Waals surface area (Å²) in [5.41, 5.74) is 0. The highest BCUT2D eigenvalue weighted by atomic mass is 16.7. The van der Waals surface area contributed by atoms with Crippen molar-refractivity contribution in [1.29, 1.82) is 0 Å². The summed E-state index contributed by atoms with van der Waals surface area (Å²) in [6.07, 6.45) is -3.08. The molecule has 1 heterocycles. The van der Waals surface area contributed by atoms with E-state index in [4.69, 9.17) is 19.7 Å². The Balaban J connectivity index is 2.61. The number of nitrogens with one attached hydrogen (secondary N) is 1. The summed E-state index contributed by atoms with van der Waals surface area (Å²) in [4.78, 5) is 34.3. The van der Waals surface area contributed by atoms with Crippen LogP contribution in [0.1, 0.15) is 58.3 Å². The van der Waals surface area contributed by atoms with E-state index < -0.39 is 61.0 Å². The van der Waals surface area contributed by atoms with Gasteiger partial charge in [-0.1, -0.05) is 39.0 Å². The van der Waals surface area contributed by atoms with E-state index in [1.165, 1.54) is 0 Å². The lowest BCUT2D eigenvalue weighted by Gasteiger charge is -2.39. The number of aliphatic carboxylic acids is 2. The number of carboxylic acid groups (broad SMARTS) is 2. The quantitative estimate of drug-likeness (QED) is 0.196. The Kier molecular flexibility index (Phi) is 11.8. The van der Waals surface area contributed by atoms with Gasteiger partial charge >= 0.3 is 11.9 Å². The number of carbonyl (C=O) groups is 3. The number of aliphatic hydroxyl groups is 3. The maximum atomic E-state index is 12.4. The third-order valence-corrected chi connectivity index (χ3v) is 4.87. The van der Waals surface area contributed by atoms with Crippen molar-refractivity contribution in [2.75, 3.05) is 6.61 Å². The molecule has 1 aliphatic rings. The molecule has 1 amide bonds. The van der Waals surface area contributed by atoms with Crippen molar-refractivity contribution < 1.29 is 49.4 Å². The number of hydrogen-bond donors (Lipinski definition) is 6. The van der Waals surface area contributed by atoms with Crippen LogP contribution in [0.5, 0.6) is 0 Å². The highest BCUT2D eigenvalue weighted by Crippen LogP contribution is 2.23. The van der Waals surface area contributed by atoms with Gasteiger partial charge in [0.15, 0.2) is 12.4 Å². The second-order valence-corrected chi connectivity index (χ2v) is 7.37. The third-order valence-electron chi connectivity index (χ3n) is 4.87. The lowest BCUT2D eigenvalue weighted by molar-refractivity contribution is -0.290. The van der Waals surface area contributed by atoms with Gasteiger partial charge in [0.25, 0.3) is 5.91 Å². The van der Waals surface area contributed by atoms with Gasteiger partial charge in [0.05, 0.1) is 0 Å². The Bertz CT molecular complexity index is 557. The van der Waals surface area contributed by atoms with Crippen molar-refractivity contribution >= 4 is 17.8 Å². The molecule has 1 fully saturated rings. The monoisotopic (exact) mass is 435 g/mol. The van der Waals surface area contributed by atoms with Crippen LogP contribution >= 0.6 is 0 Å². The number of rotatable bonds is 14. The van der Waals surface area contributed by atoms with Crippen LogP contribution in [-0.2, 0) is 23.9 Å². The molecule has 0 aliphatic carbocycles. The van der Waals surface area contributed by atoms with Gasteiger partial charge in [-0.2, -0.15) is 0 Å². The zero-order chi connectivity index (χ0) is 22.7. The summed E-state index contributed by atoms with van der Waals surface area (Å²) in [6, 6.07) is -1.52. The van der Waals surface area contributed by atoms with Crippen LogP contribution in [0.3, 0.4) is 0 Å². The Morgan fingerprint density at radius 1 is 0.967 bits per heavy atom. The van der Waals surface area contributed by atoms with Gasteiger partial charge in [-0.05, 0) is 12.8 Å².